The van der Waals surface area contributed by atoms with E-state index in [1.54, 1.807) is 26.0 Å². The van der Waals surface area contributed by atoms with Gasteiger partial charge in [0.2, 0.25) is 5.91 Å². The minimum Gasteiger partial charge on any atom is -0.354 e. The highest BCUT2D eigenvalue weighted by molar-refractivity contribution is 5.81. The largest absolute Gasteiger partial charge is 0.354 e. The van der Waals surface area contributed by atoms with Gasteiger partial charge in [0, 0.05) is 57.8 Å². The number of amides is 1. The van der Waals surface area contributed by atoms with Crippen LogP contribution >= 0.6 is 0 Å². The first-order chi connectivity index (χ1) is 13.4. The number of hydrogen-bond donors (Lipinski definition) is 2. The number of nitrogens with one attached hydrogen (secondary N) is 2. The summed E-state index contributed by atoms with van der Waals surface area (Å²) in [6.45, 7) is 2.14. The molecule has 1 aromatic carbocycles. The quantitative estimate of drug-likeness (QED) is 0.589. The van der Waals surface area contributed by atoms with Crippen LogP contribution in [-0.4, -0.2) is 74.5 Å². The molecular formula is C20H29F2N5O. The summed E-state index contributed by atoms with van der Waals surface area (Å²) in [5.41, 5.74) is 0.161. The van der Waals surface area contributed by atoms with Gasteiger partial charge >= 0.3 is 0 Å². The normalized spacial score (nSPS) is 23.4. The number of guanidine groups is 1. The molecule has 1 aliphatic carbocycles. The number of aliphatic imine (C=N–C) groups is 1. The molecule has 2 unspecified atom stereocenters. The molecule has 2 fully saturated rings. The van der Waals surface area contributed by atoms with Gasteiger partial charge < -0.3 is 15.5 Å². The monoisotopic (exact) mass is 393 g/mol. The Bertz CT molecular complexity index is 711. The Morgan fingerprint density at radius 2 is 1.86 bits per heavy atom. The average Bonchev–Trinajstić information content (AvgIpc) is 3.41. The summed E-state index contributed by atoms with van der Waals surface area (Å²) < 4.78 is 27.9. The van der Waals surface area contributed by atoms with Gasteiger partial charge in [0.15, 0.2) is 5.96 Å². The lowest BCUT2D eigenvalue weighted by Crippen LogP contribution is -2.50. The third-order valence-electron chi connectivity index (χ3n) is 5.49. The molecular weight excluding hydrogens is 364 g/mol. The van der Waals surface area contributed by atoms with E-state index >= 15 is 0 Å². The number of halogens is 2. The molecule has 2 aliphatic rings. The van der Waals surface area contributed by atoms with Gasteiger partial charge in [0.05, 0.1) is 6.54 Å². The van der Waals surface area contributed by atoms with Gasteiger partial charge in [-0.15, -0.1) is 0 Å². The lowest BCUT2D eigenvalue weighted by atomic mass is 10.1. The maximum atomic E-state index is 13.9. The van der Waals surface area contributed by atoms with E-state index in [4.69, 9.17) is 0 Å². The molecule has 28 heavy (non-hydrogen) atoms. The van der Waals surface area contributed by atoms with E-state index in [0.717, 1.165) is 25.9 Å². The van der Waals surface area contributed by atoms with Crippen molar-refractivity contribution in [3.63, 3.8) is 0 Å². The number of benzene rings is 1. The highest BCUT2D eigenvalue weighted by Gasteiger charge is 2.42. The Balaban J connectivity index is 1.46. The molecule has 0 aromatic heterocycles. The molecule has 1 amide bonds. The molecule has 154 valence electrons. The summed E-state index contributed by atoms with van der Waals surface area (Å²) in [7, 11) is 5.23. The summed E-state index contributed by atoms with van der Waals surface area (Å²) in [5, 5.41) is 6.68. The zero-order valence-electron chi connectivity index (χ0n) is 16.7. The first-order valence-electron chi connectivity index (χ1n) is 9.75. The molecule has 2 atom stereocenters. The average molecular weight is 393 g/mol. The van der Waals surface area contributed by atoms with Crippen molar-refractivity contribution in [1.82, 2.24) is 20.4 Å². The van der Waals surface area contributed by atoms with Crippen LogP contribution in [-0.2, 0) is 4.79 Å². The van der Waals surface area contributed by atoms with Gasteiger partial charge in [-0.05, 0) is 31.4 Å². The third-order valence-corrected chi connectivity index (χ3v) is 5.49. The molecule has 8 heteroatoms. The Morgan fingerprint density at radius 3 is 2.43 bits per heavy atom. The summed E-state index contributed by atoms with van der Waals surface area (Å²) in [5.74, 6) is -0.372. The third kappa shape index (κ3) is 4.98. The highest BCUT2D eigenvalue weighted by Crippen LogP contribution is 2.43. The second kappa shape index (κ2) is 8.86. The van der Waals surface area contributed by atoms with Gasteiger partial charge in [-0.2, -0.15) is 0 Å². The van der Waals surface area contributed by atoms with Gasteiger partial charge in [-0.3, -0.25) is 14.7 Å². The van der Waals surface area contributed by atoms with Crippen molar-refractivity contribution < 1.29 is 13.6 Å². The number of carbonyl (C=O) groups excluding carboxylic acids is 1. The number of hydrogen-bond acceptors (Lipinski definition) is 3. The van der Waals surface area contributed by atoms with Crippen molar-refractivity contribution in [3.05, 3.63) is 35.4 Å². The molecule has 0 radical (unpaired) electrons. The second-order valence-corrected chi connectivity index (χ2v) is 7.78. The lowest BCUT2D eigenvalue weighted by Gasteiger charge is -2.33. The van der Waals surface area contributed by atoms with Crippen LogP contribution in [0.5, 0.6) is 0 Å². The van der Waals surface area contributed by atoms with Gasteiger partial charge in [0.1, 0.15) is 11.6 Å². The number of likely N-dealkylation sites (N-methyl/N-ethyl adjacent to an activating group) is 1. The SMILES string of the molecule is CN=C(NC1CCN(CC(=O)N(C)C)CC1)NC1CC1c1c(F)cccc1F. The Morgan fingerprint density at radius 1 is 1.21 bits per heavy atom. The van der Waals surface area contributed by atoms with Crippen molar-refractivity contribution in [3.8, 4) is 0 Å². The molecule has 1 saturated heterocycles. The van der Waals surface area contributed by atoms with Crippen LogP contribution < -0.4 is 10.6 Å². The van der Waals surface area contributed by atoms with Crippen molar-refractivity contribution in [1.29, 1.82) is 0 Å². The molecule has 6 nitrogen and oxygen atoms in total. The maximum Gasteiger partial charge on any atom is 0.236 e. The number of likely N-dealkylation sites (tertiary alicyclic amines) is 1. The zero-order valence-corrected chi connectivity index (χ0v) is 16.7. The van der Waals surface area contributed by atoms with Crippen molar-refractivity contribution >= 4 is 11.9 Å². The molecule has 0 spiro atoms. The molecule has 2 N–H and O–H groups in total. The first-order valence-corrected chi connectivity index (χ1v) is 9.75. The van der Waals surface area contributed by atoms with Crippen LogP contribution in [0.15, 0.2) is 23.2 Å². The minimum absolute atomic E-state index is 0.0181. The first kappa shape index (κ1) is 20.5. The number of carbonyl (C=O) groups is 1. The Kier molecular flexibility index (Phi) is 6.49. The van der Waals surface area contributed by atoms with Crippen molar-refractivity contribution in [2.75, 3.05) is 40.8 Å². The van der Waals surface area contributed by atoms with Gasteiger partial charge in [0.25, 0.3) is 0 Å². The number of nitrogens with zero attached hydrogens (tertiary/aromatic N) is 3. The lowest BCUT2D eigenvalue weighted by molar-refractivity contribution is -0.130. The van der Waals surface area contributed by atoms with Gasteiger partial charge in [-0.25, -0.2) is 8.78 Å². The maximum absolute atomic E-state index is 13.9. The van der Waals surface area contributed by atoms with E-state index < -0.39 is 11.6 Å². The van der Waals surface area contributed by atoms with E-state index in [-0.39, 0.29) is 29.5 Å². The number of rotatable bonds is 5. The molecule has 1 aromatic rings. The summed E-state index contributed by atoms with van der Waals surface area (Å²) >= 11 is 0. The zero-order chi connectivity index (χ0) is 20.3. The van der Waals surface area contributed by atoms with E-state index in [1.165, 1.54) is 18.2 Å². The van der Waals surface area contributed by atoms with Crippen LogP contribution in [0.3, 0.4) is 0 Å². The van der Waals surface area contributed by atoms with Crippen LogP contribution in [0, 0.1) is 11.6 Å². The van der Waals surface area contributed by atoms with Crippen LogP contribution in [0.25, 0.3) is 0 Å². The predicted octanol–water partition coefficient (Wildman–Crippen LogP) is 1.54. The molecule has 3 rings (SSSR count). The summed E-state index contributed by atoms with van der Waals surface area (Å²) in [6, 6.07) is 4.23. The highest BCUT2D eigenvalue weighted by atomic mass is 19.1. The van der Waals surface area contributed by atoms with E-state index in [1.807, 2.05) is 0 Å². The van der Waals surface area contributed by atoms with Crippen molar-refractivity contribution in [2.24, 2.45) is 4.99 Å². The smallest absolute Gasteiger partial charge is 0.236 e. The topological polar surface area (TPSA) is 60.0 Å². The summed E-state index contributed by atoms with van der Waals surface area (Å²) in [6.07, 6.45) is 2.51. The summed E-state index contributed by atoms with van der Waals surface area (Å²) in [4.78, 5) is 19.9. The molecule has 0 bridgehead atoms. The molecule has 1 heterocycles. The van der Waals surface area contributed by atoms with E-state index in [0.29, 0.717) is 18.9 Å². The Hall–Kier alpha value is -2.22. The Labute approximate surface area is 165 Å². The number of piperidine rings is 1. The van der Waals surface area contributed by atoms with Crippen molar-refractivity contribution in [2.45, 2.75) is 37.3 Å². The van der Waals surface area contributed by atoms with Crippen LogP contribution in [0.2, 0.25) is 0 Å². The van der Waals surface area contributed by atoms with E-state index in [2.05, 4.69) is 20.5 Å². The molecule has 1 aliphatic heterocycles. The van der Waals surface area contributed by atoms with Crippen LogP contribution in [0.4, 0.5) is 8.78 Å². The fraction of sp³-hybridized carbons (Fsp3) is 0.600. The van der Waals surface area contributed by atoms with Gasteiger partial charge in [-0.1, -0.05) is 6.07 Å². The van der Waals surface area contributed by atoms with Crippen LogP contribution in [0.1, 0.15) is 30.7 Å². The minimum atomic E-state index is -0.489. The second-order valence-electron chi connectivity index (χ2n) is 7.78. The standard InChI is InChI=1S/C20H29F2N5O/c1-23-20(24-13-7-9-27(10-8-13)12-18(28)26(2)3)25-17-11-14(17)19-15(21)5-4-6-16(19)22/h4-6,13-14,17H,7-12H2,1-3H3,(H2,23,24,25). The fourth-order valence-corrected chi connectivity index (χ4v) is 3.65. The van der Waals surface area contributed by atoms with E-state index in [9.17, 15) is 13.6 Å². The molecule has 1 saturated carbocycles. The fourth-order valence-electron chi connectivity index (χ4n) is 3.65. The predicted molar refractivity (Wildman–Crippen MR) is 105 cm³/mol.